The van der Waals surface area contributed by atoms with Crippen LogP contribution in [0.2, 0.25) is 0 Å². The number of ether oxygens (including phenoxy) is 5. The number of carbonyl (C=O) groups is 11. The zero-order valence-corrected chi connectivity index (χ0v) is 92.2. The number of aliphatic hydroxyl groups excluding tert-OH is 4. The van der Waals surface area contributed by atoms with Gasteiger partial charge in [0.15, 0.2) is 35.7 Å². The normalized spacial score (nSPS) is 12.2. The fraction of sp³-hybridized carbons (Fsp3) is 0.411. The molecule has 8 N–H and O–H groups in total. The molecule has 0 amide bonds. The summed E-state index contributed by atoms with van der Waals surface area (Å²) in [5.74, 6) is -5.84. The van der Waals surface area contributed by atoms with Gasteiger partial charge in [-0.05, 0) is 269 Å². The van der Waals surface area contributed by atoms with Gasteiger partial charge in [0.2, 0.25) is 0 Å². The molecular weight excluding hydrogens is 2470 g/mol. The Hall–Kier alpha value is -5.61. The van der Waals surface area contributed by atoms with Crippen molar-refractivity contribution in [3.05, 3.63) is 181 Å². The first-order chi connectivity index (χ1) is 61.6. The Labute approximate surface area is 899 Å². The Balaban J connectivity index is 0.000000844. The molecule has 0 aliphatic carbocycles. The topological polar surface area (TPSA) is 500 Å². The molecule has 0 saturated carbocycles. The average Bonchev–Trinajstić information content (AvgIpc) is 1.63. The van der Waals surface area contributed by atoms with E-state index in [2.05, 4.69) is 151 Å². The van der Waals surface area contributed by atoms with Crippen molar-refractivity contribution >= 4 is 246 Å². The van der Waals surface area contributed by atoms with Gasteiger partial charge in [0.25, 0.3) is 6.47 Å². The number of alkyl halides is 1. The second-order valence-electron chi connectivity index (χ2n) is 27.9. The Bertz CT molecular complexity index is 4910. The molecule has 3 aromatic heterocycles. The summed E-state index contributed by atoms with van der Waals surface area (Å²) in [4.78, 5) is 135. The third-order valence-electron chi connectivity index (χ3n) is 19.2. The van der Waals surface area contributed by atoms with E-state index < -0.39 is 66.2 Å². The largest absolute Gasteiger partial charge is 1.00 e. The summed E-state index contributed by atoms with van der Waals surface area (Å²) in [5.41, 5.74) is 4.33. The number of carbonyl (C=O) groups excluding carboxylic acids is 8. The number of hydrogen-bond donors (Lipinski definition) is 8. The number of ketones is 3. The fourth-order valence-electron chi connectivity index (χ4n) is 11.5. The summed E-state index contributed by atoms with van der Waals surface area (Å²) >= 11 is 18.3. The van der Waals surface area contributed by atoms with Crippen LogP contribution in [0.4, 0.5) is 0 Å². The molecule has 0 unspecified atom stereocenters. The molecule has 0 fully saturated rings. The predicted molar refractivity (Wildman–Crippen MR) is 529 cm³/mol. The van der Waals surface area contributed by atoms with Crippen LogP contribution in [0.15, 0.2) is 122 Å². The quantitative estimate of drug-likeness (QED) is 0.00223. The molecule has 0 saturated heterocycles. The van der Waals surface area contributed by atoms with Gasteiger partial charge in [-0.15, -0.1) is 11.6 Å². The van der Waals surface area contributed by atoms with E-state index in [9.17, 15) is 58.2 Å². The first kappa shape index (κ1) is 124. The van der Waals surface area contributed by atoms with Gasteiger partial charge in [0.1, 0.15) is 89.9 Å². The average molecular weight is 2580 g/mol. The molecular formula is C90H106Cl2I6KN3O30-2. The molecule has 0 aliphatic heterocycles. The van der Waals surface area contributed by atoms with Crippen LogP contribution in [0.25, 0.3) is 32.9 Å². The Morgan fingerprint density at radius 2 is 0.674 bits per heavy atom. The second kappa shape index (κ2) is 65.3. The van der Waals surface area contributed by atoms with Gasteiger partial charge in [-0.25, -0.2) is 14.4 Å². The molecule has 6 aromatic carbocycles. The van der Waals surface area contributed by atoms with Gasteiger partial charge in [0, 0.05) is 58.4 Å². The maximum Gasteiger partial charge on any atom is 1.00 e. The van der Waals surface area contributed by atoms with Gasteiger partial charge in [-0.3, -0.25) is 33.6 Å². The number of nitrogens with zero attached hydrogens (tertiary/aromatic N) is 3. The summed E-state index contributed by atoms with van der Waals surface area (Å²) in [7, 11) is 0. The minimum Gasteiger partial charge on any atom is -1.00 e. The van der Waals surface area contributed by atoms with Crippen molar-refractivity contribution in [2.24, 2.45) is 0 Å². The van der Waals surface area contributed by atoms with Crippen molar-refractivity contribution in [1.29, 1.82) is 0 Å². The SMILES string of the molecule is CCN(CC)CCCl.CC[C@H](C)OC(=O)Cc1oc2ccccc2c1C(=O)c1cc(I)c(O)c(I)c1.CC[C@H](C)OC(=O)Cc1oc2ccccc2c1C(=O)c1cc(I)c(OCCN(CC)CC)c(I)c1.CC[C@H](C)OC(=O)Cc1oc2ccccc2c1C(=O)c1cc(I)c(OCCN(CC)CC)c(I)c1.O=C(O)[C@H](O)[C@@H](O)C(=O)O.O=C([O-])[C@H](O)[C@@H](O)C(=O)O.O=CO[O-].[Cl-].[K+]. The van der Waals surface area contributed by atoms with Gasteiger partial charge in [-0.1, -0.05) is 117 Å². The number of halogens is 8. The van der Waals surface area contributed by atoms with Crippen LogP contribution in [0, 0.1) is 21.4 Å². The predicted octanol–water partition coefficient (Wildman–Crippen LogP) is 6.85. The number of aliphatic carboxylic acids is 4. The number of likely N-dealkylation sites (N-methyl/N-ethyl adjacent to an activating group) is 2. The maximum absolute atomic E-state index is 13.7. The number of aromatic hydroxyl groups is 1. The van der Waals surface area contributed by atoms with E-state index >= 15 is 0 Å². The first-order valence-corrected chi connectivity index (χ1v) is 47.8. The number of fused-ring (bicyclic) bond motifs is 3. The molecule has 0 spiro atoms. The van der Waals surface area contributed by atoms with Crippen LogP contribution in [0.1, 0.15) is 167 Å². The van der Waals surface area contributed by atoms with E-state index in [4.69, 9.17) is 94.3 Å². The van der Waals surface area contributed by atoms with Crippen molar-refractivity contribution in [3.8, 4) is 17.2 Å². The Kier molecular flexibility index (Phi) is 61.5. The summed E-state index contributed by atoms with van der Waals surface area (Å²) in [6.07, 6.45) is -7.98. The number of benzene rings is 6. The van der Waals surface area contributed by atoms with Gasteiger partial charge in [0.05, 0.1) is 62.4 Å². The number of rotatable bonds is 41. The minimum atomic E-state index is -2.38. The molecule has 7 atom stereocenters. The molecule has 33 nitrogen and oxygen atoms in total. The molecule has 720 valence electrons. The van der Waals surface area contributed by atoms with Crippen molar-refractivity contribution in [1.82, 2.24) is 14.7 Å². The van der Waals surface area contributed by atoms with E-state index in [1.807, 2.05) is 160 Å². The molecule has 9 aromatic rings. The van der Waals surface area contributed by atoms with Crippen LogP contribution in [-0.4, -0.2) is 242 Å². The minimum absolute atomic E-state index is 0. The number of furan rings is 3. The Morgan fingerprint density at radius 1 is 0.432 bits per heavy atom. The number of phenolic OH excluding ortho intramolecular Hbond substituents is 1. The number of phenols is 1. The van der Waals surface area contributed by atoms with E-state index in [1.165, 1.54) is 0 Å². The molecule has 9 rings (SSSR count). The third-order valence-corrected chi connectivity index (χ3v) is 24.2. The van der Waals surface area contributed by atoms with Crippen molar-refractivity contribution in [2.75, 3.05) is 78.0 Å². The first-order valence-electron chi connectivity index (χ1n) is 40.8. The summed E-state index contributed by atoms with van der Waals surface area (Å²) in [5, 5.41) is 87.1. The van der Waals surface area contributed by atoms with Gasteiger partial charge in [-0.2, -0.15) is 0 Å². The standard InChI is InChI=1S/2C27H31I2NO5.C21H18I2O5.C6H14ClN.2C4H6O6.CH2O3.ClH.K/c2*1-5-17(4)34-24(31)16-23-25(19-10-8-9-11-22(19)35-23)26(32)18-14-20(28)27(21(29)15-18)33-13-12-30(6-2)7-3;1-3-11(2)27-18(24)10-17-19(13-6-4-5-7-16(13)28-17)20(25)12-8-14(22)21(26)15(23)9-12;1-3-8(4-2)6-5-7;2*5-1(3(7)8)2(6)4(9)10;2-1-4-3;;/h2*8-11,14-15,17H,5-7,12-13,16H2,1-4H3;4-9,11,26H,3,10H2,1-2H3;3-6H2,1-2H3;2*1-2,5-6H,(H,7,8)(H,9,10);1,3H;1H;/q;;;;;;;;+1/p-3/t2*17-;11-;;2*1-,2-;;;/m000.11.../s1. The summed E-state index contributed by atoms with van der Waals surface area (Å²) in [6.45, 7) is 34.0. The summed E-state index contributed by atoms with van der Waals surface area (Å²) in [6, 6.07) is 32.5. The number of esters is 3. The molecule has 3 heterocycles. The van der Waals surface area contributed by atoms with Crippen LogP contribution in [0.3, 0.4) is 0 Å². The molecule has 0 aliphatic rings. The summed E-state index contributed by atoms with van der Waals surface area (Å²) < 4.78 is 50.7. The number of para-hydroxylation sites is 3. The Morgan fingerprint density at radius 3 is 0.886 bits per heavy atom. The smallest absolute Gasteiger partial charge is 1.00 e. The van der Waals surface area contributed by atoms with Crippen molar-refractivity contribution in [2.45, 2.75) is 164 Å². The van der Waals surface area contributed by atoms with E-state index in [0.29, 0.717) is 105 Å². The number of carboxylic acid groups (broad SMARTS) is 4. The number of carboxylic acids is 4. The molecule has 132 heavy (non-hydrogen) atoms. The van der Waals surface area contributed by atoms with Crippen LogP contribution in [-0.2, 0) is 76.7 Å². The second-order valence-corrected chi connectivity index (χ2v) is 35.3. The van der Waals surface area contributed by atoms with Gasteiger partial charge >= 0.3 is 87.2 Å². The van der Waals surface area contributed by atoms with E-state index in [-0.39, 0.29) is 137 Å². The van der Waals surface area contributed by atoms with Crippen LogP contribution < -0.4 is 83.6 Å². The monoisotopic (exact) mass is 2580 g/mol. The van der Waals surface area contributed by atoms with Crippen LogP contribution >= 0.6 is 147 Å². The van der Waals surface area contributed by atoms with Crippen molar-refractivity contribution in [3.63, 3.8) is 0 Å². The molecule has 0 radical (unpaired) electrons. The third kappa shape index (κ3) is 40.1. The zero-order chi connectivity index (χ0) is 97.9. The maximum atomic E-state index is 13.7. The zero-order valence-electron chi connectivity index (χ0n) is 74.7. The van der Waals surface area contributed by atoms with Gasteiger partial charge < -0.3 is 125 Å². The number of hydrogen-bond acceptors (Lipinski definition) is 30. The molecule has 42 heteroatoms. The van der Waals surface area contributed by atoms with E-state index in [1.54, 1.807) is 36.4 Å². The van der Waals surface area contributed by atoms with E-state index in [0.717, 1.165) is 103 Å². The van der Waals surface area contributed by atoms with Crippen molar-refractivity contribution < 1.29 is 210 Å². The molecule has 0 bridgehead atoms. The van der Waals surface area contributed by atoms with Crippen LogP contribution in [0.5, 0.6) is 17.2 Å². The fourth-order valence-corrected chi connectivity index (χ4v) is 17.6. The number of aliphatic hydroxyl groups is 4.